The molecule has 0 amide bonds. The van der Waals surface area contributed by atoms with Gasteiger partial charge in [0.1, 0.15) is 17.6 Å². The molecule has 4 rings (SSSR count). The van der Waals surface area contributed by atoms with Gasteiger partial charge in [-0.1, -0.05) is 30.9 Å². The van der Waals surface area contributed by atoms with Crippen molar-refractivity contribution in [1.29, 1.82) is 0 Å². The van der Waals surface area contributed by atoms with E-state index in [0.29, 0.717) is 27.5 Å². The normalized spacial score (nSPS) is 21.7. The zero-order valence-electron chi connectivity index (χ0n) is 14.4. The van der Waals surface area contributed by atoms with E-state index in [2.05, 4.69) is 25.6 Å². The summed E-state index contributed by atoms with van der Waals surface area (Å²) in [4.78, 5) is 11.5. The Hall–Kier alpha value is -2.06. The average molecular weight is 398 g/mol. The van der Waals surface area contributed by atoms with Gasteiger partial charge in [0.25, 0.3) is 0 Å². The van der Waals surface area contributed by atoms with Crippen molar-refractivity contribution in [2.24, 2.45) is 4.99 Å². The number of aromatic amines is 1. The first kappa shape index (κ1) is 18.3. The largest absolute Gasteiger partial charge is 0.417 e. The van der Waals surface area contributed by atoms with Gasteiger partial charge in [0, 0.05) is 35.6 Å². The summed E-state index contributed by atoms with van der Waals surface area (Å²) in [5, 5.41) is 6.94. The van der Waals surface area contributed by atoms with E-state index >= 15 is 0 Å². The van der Waals surface area contributed by atoms with Crippen LogP contribution in [0.3, 0.4) is 0 Å². The number of amidine groups is 1. The average Bonchev–Trinajstić information content (AvgIpc) is 3.04. The van der Waals surface area contributed by atoms with Crippen molar-refractivity contribution in [2.75, 3.05) is 0 Å². The second-order valence-corrected chi connectivity index (χ2v) is 7.31. The molecule has 1 aliphatic heterocycles. The highest BCUT2D eigenvalue weighted by molar-refractivity contribution is 6.31. The van der Waals surface area contributed by atoms with Gasteiger partial charge in [0.15, 0.2) is 0 Å². The Morgan fingerprint density at radius 1 is 1.19 bits per heavy atom. The molecule has 2 aromatic rings. The molecule has 0 aromatic carbocycles. The Kier molecular flexibility index (Phi) is 4.86. The van der Waals surface area contributed by atoms with Gasteiger partial charge in [-0.05, 0) is 18.9 Å². The molecule has 2 aromatic heterocycles. The minimum Gasteiger partial charge on any atom is -0.346 e. The maximum Gasteiger partial charge on any atom is 0.417 e. The van der Waals surface area contributed by atoms with Crippen LogP contribution < -0.4 is 10.6 Å². The van der Waals surface area contributed by atoms with E-state index in [1.165, 1.54) is 6.20 Å². The predicted molar refractivity (Wildman–Crippen MR) is 98.7 cm³/mol. The summed E-state index contributed by atoms with van der Waals surface area (Å²) in [5.74, 6) is 0.353. The lowest BCUT2D eigenvalue weighted by Crippen LogP contribution is -2.46. The Labute approximate surface area is 159 Å². The van der Waals surface area contributed by atoms with Crippen LogP contribution in [-0.4, -0.2) is 34.2 Å². The van der Waals surface area contributed by atoms with Crippen molar-refractivity contribution in [3.63, 3.8) is 0 Å². The maximum atomic E-state index is 13.5. The van der Waals surface area contributed by atoms with Gasteiger partial charge in [0.05, 0.1) is 10.6 Å². The number of alkyl halides is 3. The highest BCUT2D eigenvalue weighted by atomic mass is 35.5. The summed E-state index contributed by atoms with van der Waals surface area (Å²) in [7, 11) is 0. The number of H-pyrrole nitrogens is 1. The van der Waals surface area contributed by atoms with Crippen molar-refractivity contribution in [1.82, 2.24) is 20.6 Å². The van der Waals surface area contributed by atoms with E-state index in [1.54, 1.807) is 12.3 Å². The molecule has 2 aliphatic rings. The van der Waals surface area contributed by atoms with E-state index in [1.807, 2.05) is 0 Å². The summed E-state index contributed by atoms with van der Waals surface area (Å²) < 4.78 is 40.4. The number of nitrogens with zero attached hydrogens (tertiary/aromatic N) is 2. The first-order valence-electron chi connectivity index (χ1n) is 8.92. The monoisotopic (exact) mass is 397 g/mol. The molecule has 1 saturated carbocycles. The van der Waals surface area contributed by atoms with Crippen molar-refractivity contribution in [3.8, 4) is 0 Å². The topological polar surface area (TPSA) is 65.1 Å². The van der Waals surface area contributed by atoms with Crippen LogP contribution in [0.15, 0.2) is 35.2 Å². The van der Waals surface area contributed by atoms with Crippen molar-refractivity contribution in [3.05, 3.63) is 40.8 Å². The smallest absolute Gasteiger partial charge is 0.346 e. The molecule has 1 atom stereocenters. The van der Waals surface area contributed by atoms with Crippen LogP contribution in [0.2, 0.25) is 5.02 Å². The Bertz CT molecular complexity index is 896. The molecule has 1 unspecified atom stereocenters. The Balaban J connectivity index is 1.67. The minimum absolute atomic E-state index is 0.0386. The fourth-order valence-electron chi connectivity index (χ4n) is 3.64. The molecule has 0 saturated heterocycles. The number of hydrogen-bond acceptors (Lipinski definition) is 4. The molecule has 9 heteroatoms. The molecule has 144 valence electrons. The zero-order chi connectivity index (χ0) is 19.0. The van der Waals surface area contributed by atoms with E-state index in [4.69, 9.17) is 11.6 Å². The van der Waals surface area contributed by atoms with E-state index < -0.39 is 17.9 Å². The SMILES string of the molecule is FC(F)(F)C1=CNC(c2c[nH]c3ncc(Cl)cc23)=NC1NC1CCCCC1. The van der Waals surface area contributed by atoms with Gasteiger partial charge in [-0.25, -0.2) is 9.98 Å². The molecule has 27 heavy (non-hydrogen) atoms. The molecule has 0 radical (unpaired) electrons. The molecular formula is C18H19ClF3N5. The van der Waals surface area contributed by atoms with Crippen LogP contribution in [-0.2, 0) is 0 Å². The highest BCUT2D eigenvalue weighted by Gasteiger charge is 2.41. The standard InChI is InChI=1S/C18H19ClF3N5/c19-10-6-12-13(8-24-15(12)23-7-10)16-25-9-14(18(20,21)22)17(27-16)26-11-4-2-1-3-5-11/h6-9,11,17,26H,1-5H2,(H,23,24)(H,25,27). The van der Waals surface area contributed by atoms with Gasteiger partial charge in [-0.3, -0.25) is 5.32 Å². The first-order chi connectivity index (χ1) is 12.9. The number of pyridine rings is 1. The van der Waals surface area contributed by atoms with Gasteiger partial charge in [-0.15, -0.1) is 0 Å². The van der Waals surface area contributed by atoms with Gasteiger partial charge >= 0.3 is 6.18 Å². The molecule has 3 N–H and O–H groups in total. The lowest BCUT2D eigenvalue weighted by atomic mass is 9.95. The van der Waals surface area contributed by atoms with E-state index in [-0.39, 0.29) is 6.04 Å². The summed E-state index contributed by atoms with van der Waals surface area (Å²) >= 11 is 6.02. The van der Waals surface area contributed by atoms with Crippen LogP contribution in [0.1, 0.15) is 37.7 Å². The van der Waals surface area contributed by atoms with Gasteiger partial charge < -0.3 is 10.3 Å². The lowest BCUT2D eigenvalue weighted by Gasteiger charge is -2.31. The molecule has 1 aliphatic carbocycles. The van der Waals surface area contributed by atoms with Gasteiger partial charge in [0.2, 0.25) is 0 Å². The van der Waals surface area contributed by atoms with Crippen molar-refractivity contribution < 1.29 is 13.2 Å². The van der Waals surface area contributed by atoms with Crippen molar-refractivity contribution >= 4 is 28.5 Å². The van der Waals surface area contributed by atoms with Crippen LogP contribution in [0, 0.1) is 0 Å². The maximum absolute atomic E-state index is 13.5. The number of halogens is 4. The zero-order valence-corrected chi connectivity index (χ0v) is 15.2. The number of nitrogens with one attached hydrogen (secondary N) is 3. The molecule has 0 spiro atoms. The van der Waals surface area contributed by atoms with E-state index in [9.17, 15) is 13.2 Å². The quantitative estimate of drug-likeness (QED) is 0.725. The predicted octanol–water partition coefficient (Wildman–Crippen LogP) is 4.26. The van der Waals surface area contributed by atoms with Crippen LogP contribution in [0.25, 0.3) is 11.0 Å². The fourth-order valence-corrected chi connectivity index (χ4v) is 3.80. The molecule has 3 heterocycles. The molecule has 5 nitrogen and oxygen atoms in total. The molecular weight excluding hydrogens is 379 g/mol. The lowest BCUT2D eigenvalue weighted by molar-refractivity contribution is -0.0973. The van der Waals surface area contributed by atoms with E-state index in [0.717, 1.165) is 38.3 Å². The number of rotatable bonds is 3. The van der Waals surface area contributed by atoms with Crippen LogP contribution in [0.4, 0.5) is 13.2 Å². The Morgan fingerprint density at radius 3 is 2.70 bits per heavy atom. The third-order valence-electron chi connectivity index (χ3n) is 5.00. The summed E-state index contributed by atoms with van der Waals surface area (Å²) in [6.07, 6.45) is 3.50. The number of aliphatic imine (C=N–C) groups is 1. The molecule has 1 fully saturated rings. The van der Waals surface area contributed by atoms with Crippen LogP contribution in [0.5, 0.6) is 0 Å². The number of fused-ring (bicyclic) bond motifs is 1. The molecule has 0 bridgehead atoms. The van der Waals surface area contributed by atoms with Gasteiger partial charge in [-0.2, -0.15) is 13.2 Å². The number of hydrogen-bond donors (Lipinski definition) is 3. The Morgan fingerprint density at radius 2 is 1.96 bits per heavy atom. The summed E-state index contributed by atoms with van der Waals surface area (Å²) in [6.45, 7) is 0. The summed E-state index contributed by atoms with van der Waals surface area (Å²) in [6, 6.07) is 1.75. The minimum atomic E-state index is -4.46. The second-order valence-electron chi connectivity index (χ2n) is 6.88. The number of aromatic nitrogens is 2. The van der Waals surface area contributed by atoms with Crippen molar-refractivity contribution in [2.45, 2.75) is 50.5 Å². The second kappa shape index (κ2) is 7.16. The fraction of sp³-hybridized carbons (Fsp3) is 0.444. The van der Waals surface area contributed by atoms with Crippen LogP contribution >= 0.6 is 11.6 Å². The summed E-state index contributed by atoms with van der Waals surface area (Å²) in [5.41, 5.74) is 0.516. The third kappa shape index (κ3) is 3.82. The first-order valence-corrected chi connectivity index (χ1v) is 9.30. The third-order valence-corrected chi connectivity index (χ3v) is 5.20. The highest BCUT2D eigenvalue weighted by Crippen LogP contribution is 2.32.